The van der Waals surface area contributed by atoms with E-state index in [1.54, 1.807) is 7.11 Å². The number of ether oxygens (including phenoxy) is 2. The second kappa shape index (κ2) is 8.01. The van der Waals surface area contributed by atoms with Crippen molar-refractivity contribution in [1.29, 1.82) is 0 Å². The molecule has 0 radical (unpaired) electrons. The summed E-state index contributed by atoms with van der Waals surface area (Å²) in [4.78, 5) is 2.47. The van der Waals surface area contributed by atoms with Crippen molar-refractivity contribution in [3.05, 3.63) is 0 Å². The monoisotopic (exact) mass is 230 g/mol. The highest BCUT2D eigenvalue weighted by Gasteiger charge is 2.31. The summed E-state index contributed by atoms with van der Waals surface area (Å²) >= 11 is 0. The molecule has 4 heteroatoms. The summed E-state index contributed by atoms with van der Waals surface area (Å²) in [5.74, 6) is 0.895. The minimum atomic E-state index is 0.607. The van der Waals surface area contributed by atoms with Crippen LogP contribution in [-0.2, 0) is 9.47 Å². The van der Waals surface area contributed by atoms with Crippen LogP contribution < -0.4 is 5.73 Å². The van der Waals surface area contributed by atoms with E-state index in [0.29, 0.717) is 19.2 Å². The van der Waals surface area contributed by atoms with E-state index in [1.807, 2.05) is 0 Å². The number of hydrogen-bond donors (Lipinski definition) is 1. The molecule has 0 aliphatic heterocycles. The Bertz CT molecular complexity index is 174. The molecule has 0 saturated heterocycles. The fourth-order valence-electron chi connectivity index (χ4n) is 1.97. The Morgan fingerprint density at radius 3 is 2.50 bits per heavy atom. The minimum Gasteiger partial charge on any atom is -0.383 e. The third-order valence-corrected chi connectivity index (χ3v) is 3.25. The maximum absolute atomic E-state index is 5.44. The van der Waals surface area contributed by atoms with Crippen LogP contribution in [0.2, 0.25) is 0 Å². The largest absolute Gasteiger partial charge is 0.383 e. The van der Waals surface area contributed by atoms with E-state index in [0.717, 1.165) is 32.2 Å². The van der Waals surface area contributed by atoms with E-state index < -0.39 is 0 Å². The molecule has 0 aromatic heterocycles. The minimum absolute atomic E-state index is 0.607. The maximum atomic E-state index is 5.44. The summed E-state index contributed by atoms with van der Waals surface area (Å²) in [6, 6.07) is 0.664. The molecule has 1 aliphatic carbocycles. The molecule has 16 heavy (non-hydrogen) atoms. The standard InChI is InChI=1S/C12H26N2O2/c1-11(12-3-4-12)14(6-9-15-2)7-10-16-8-5-13/h11-12H,3-10,13H2,1-2H3. The lowest BCUT2D eigenvalue weighted by Gasteiger charge is -2.28. The van der Waals surface area contributed by atoms with Crippen LogP contribution in [-0.4, -0.2) is 57.5 Å². The summed E-state index contributed by atoms with van der Waals surface area (Å²) < 4.78 is 10.6. The van der Waals surface area contributed by atoms with Crippen LogP contribution in [0.4, 0.5) is 0 Å². The average Bonchev–Trinajstić information content (AvgIpc) is 3.11. The van der Waals surface area contributed by atoms with Crippen LogP contribution >= 0.6 is 0 Å². The molecule has 1 aliphatic rings. The molecule has 1 rings (SSSR count). The van der Waals surface area contributed by atoms with Crippen LogP contribution in [0.15, 0.2) is 0 Å². The Hall–Kier alpha value is -0.160. The van der Waals surface area contributed by atoms with Crippen LogP contribution in [0.5, 0.6) is 0 Å². The Morgan fingerprint density at radius 2 is 1.94 bits per heavy atom. The van der Waals surface area contributed by atoms with Crippen LogP contribution in [0.25, 0.3) is 0 Å². The van der Waals surface area contributed by atoms with Gasteiger partial charge in [-0.2, -0.15) is 0 Å². The van der Waals surface area contributed by atoms with Crippen molar-refractivity contribution in [2.75, 3.05) is 46.6 Å². The van der Waals surface area contributed by atoms with Gasteiger partial charge in [-0.3, -0.25) is 4.90 Å². The lowest BCUT2D eigenvalue weighted by molar-refractivity contribution is 0.0697. The molecular formula is C12H26N2O2. The molecule has 96 valence electrons. The number of nitrogens with two attached hydrogens (primary N) is 1. The number of rotatable bonds is 10. The first-order chi connectivity index (χ1) is 7.79. The average molecular weight is 230 g/mol. The molecule has 2 N–H and O–H groups in total. The van der Waals surface area contributed by atoms with Crippen molar-refractivity contribution in [2.24, 2.45) is 11.7 Å². The van der Waals surface area contributed by atoms with Crippen LogP contribution in [0, 0.1) is 5.92 Å². The molecule has 0 spiro atoms. The van der Waals surface area contributed by atoms with Crippen molar-refractivity contribution in [1.82, 2.24) is 4.90 Å². The zero-order valence-corrected chi connectivity index (χ0v) is 10.7. The fraction of sp³-hybridized carbons (Fsp3) is 1.00. The van der Waals surface area contributed by atoms with E-state index in [4.69, 9.17) is 15.2 Å². The van der Waals surface area contributed by atoms with Gasteiger partial charge < -0.3 is 15.2 Å². The summed E-state index contributed by atoms with van der Waals surface area (Å²) in [6.45, 7) is 7.15. The first-order valence-electron chi connectivity index (χ1n) is 6.30. The second-order valence-corrected chi connectivity index (χ2v) is 4.51. The lowest BCUT2D eigenvalue weighted by atomic mass is 10.2. The summed E-state index contributed by atoms with van der Waals surface area (Å²) in [7, 11) is 1.75. The zero-order chi connectivity index (χ0) is 11.8. The van der Waals surface area contributed by atoms with E-state index >= 15 is 0 Å². The van der Waals surface area contributed by atoms with E-state index in [1.165, 1.54) is 12.8 Å². The van der Waals surface area contributed by atoms with Gasteiger partial charge in [0.1, 0.15) is 0 Å². The van der Waals surface area contributed by atoms with Crippen molar-refractivity contribution in [2.45, 2.75) is 25.8 Å². The van der Waals surface area contributed by atoms with Gasteiger partial charge in [0.25, 0.3) is 0 Å². The Labute approximate surface area is 99.1 Å². The summed E-state index contributed by atoms with van der Waals surface area (Å²) in [6.07, 6.45) is 2.77. The third kappa shape index (κ3) is 5.25. The van der Waals surface area contributed by atoms with Gasteiger partial charge in [0.2, 0.25) is 0 Å². The third-order valence-electron chi connectivity index (χ3n) is 3.25. The molecule has 0 aromatic rings. The molecule has 1 saturated carbocycles. The number of hydrogen-bond acceptors (Lipinski definition) is 4. The first kappa shape index (κ1) is 13.9. The van der Waals surface area contributed by atoms with Crippen molar-refractivity contribution in [3.8, 4) is 0 Å². The van der Waals surface area contributed by atoms with Gasteiger partial charge in [-0.1, -0.05) is 0 Å². The first-order valence-corrected chi connectivity index (χ1v) is 6.30. The topological polar surface area (TPSA) is 47.7 Å². The SMILES string of the molecule is COCCN(CCOCCN)C(C)C1CC1. The molecule has 0 amide bonds. The quantitative estimate of drug-likeness (QED) is 0.562. The molecule has 0 heterocycles. The second-order valence-electron chi connectivity index (χ2n) is 4.51. The Morgan fingerprint density at radius 1 is 1.25 bits per heavy atom. The van der Waals surface area contributed by atoms with Gasteiger partial charge >= 0.3 is 0 Å². The molecule has 1 fully saturated rings. The predicted molar refractivity (Wildman–Crippen MR) is 65.5 cm³/mol. The highest BCUT2D eigenvalue weighted by Crippen LogP contribution is 2.34. The zero-order valence-electron chi connectivity index (χ0n) is 10.7. The van der Waals surface area contributed by atoms with Crippen LogP contribution in [0.3, 0.4) is 0 Å². The van der Waals surface area contributed by atoms with E-state index in [9.17, 15) is 0 Å². The normalized spacial score (nSPS) is 18.0. The molecule has 0 aromatic carbocycles. The molecule has 1 atom stereocenters. The molecular weight excluding hydrogens is 204 g/mol. The Balaban J connectivity index is 2.19. The van der Waals surface area contributed by atoms with Gasteiger partial charge in [-0.25, -0.2) is 0 Å². The van der Waals surface area contributed by atoms with Crippen molar-refractivity contribution in [3.63, 3.8) is 0 Å². The molecule has 0 bridgehead atoms. The number of methoxy groups -OCH3 is 1. The molecule has 4 nitrogen and oxygen atoms in total. The van der Waals surface area contributed by atoms with E-state index in [-0.39, 0.29) is 0 Å². The summed E-state index contributed by atoms with van der Waals surface area (Å²) in [5.41, 5.74) is 5.39. The fourth-order valence-corrected chi connectivity index (χ4v) is 1.97. The van der Waals surface area contributed by atoms with Gasteiger partial charge in [0, 0.05) is 32.8 Å². The highest BCUT2D eigenvalue weighted by atomic mass is 16.5. The van der Waals surface area contributed by atoms with Gasteiger partial charge in [-0.15, -0.1) is 0 Å². The van der Waals surface area contributed by atoms with Crippen LogP contribution in [0.1, 0.15) is 19.8 Å². The van der Waals surface area contributed by atoms with E-state index in [2.05, 4.69) is 11.8 Å². The highest BCUT2D eigenvalue weighted by molar-refractivity contribution is 4.85. The molecule has 1 unspecified atom stereocenters. The number of nitrogens with zero attached hydrogens (tertiary/aromatic N) is 1. The van der Waals surface area contributed by atoms with Gasteiger partial charge in [0.05, 0.1) is 19.8 Å². The predicted octanol–water partition coefficient (Wildman–Crippen LogP) is 0.709. The van der Waals surface area contributed by atoms with Gasteiger partial charge in [0.15, 0.2) is 0 Å². The lowest BCUT2D eigenvalue weighted by Crippen LogP contribution is -2.39. The summed E-state index contributed by atoms with van der Waals surface area (Å²) in [5, 5.41) is 0. The van der Waals surface area contributed by atoms with Gasteiger partial charge in [-0.05, 0) is 25.7 Å². The van der Waals surface area contributed by atoms with Crippen molar-refractivity contribution < 1.29 is 9.47 Å². The van der Waals surface area contributed by atoms with Crippen molar-refractivity contribution >= 4 is 0 Å². The maximum Gasteiger partial charge on any atom is 0.0594 e. The Kier molecular flexibility index (Phi) is 6.96. The smallest absolute Gasteiger partial charge is 0.0594 e.